The maximum absolute atomic E-state index is 5.31. The van der Waals surface area contributed by atoms with Crippen LogP contribution in [0.3, 0.4) is 0 Å². The van der Waals surface area contributed by atoms with Gasteiger partial charge in [0.05, 0.1) is 10.4 Å². The normalized spacial score (nSPS) is 24.9. The zero-order chi connectivity index (χ0) is 15.9. The van der Waals surface area contributed by atoms with Crippen LogP contribution in [0.2, 0.25) is 0 Å². The third kappa shape index (κ3) is 2.88. The summed E-state index contributed by atoms with van der Waals surface area (Å²) >= 11 is 2.05. The summed E-state index contributed by atoms with van der Waals surface area (Å²) in [4.78, 5) is 2.56. The van der Waals surface area contributed by atoms with Crippen LogP contribution in [-0.4, -0.2) is 34.4 Å². The second-order valence-electron chi connectivity index (χ2n) is 6.73. The van der Waals surface area contributed by atoms with Crippen LogP contribution in [0.4, 0.5) is 5.69 Å². The molecule has 1 atom stereocenters. The Balaban J connectivity index is 1.42. The fourth-order valence-electron chi connectivity index (χ4n) is 3.70. The Morgan fingerprint density at radius 1 is 1.17 bits per heavy atom. The van der Waals surface area contributed by atoms with E-state index in [1.54, 1.807) is 0 Å². The van der Waals surface area contributed by atoms with Crippen LogP contribution in [0.5, 0.6) is 0 Å². The summed E-state index contributed by atoms with van der Waals surface area (Å²) in [5.74, 6) is 0.966. The summed E-state index contributed by atoms with van der Waals surface area (Å²) in [6, 6.07) is 10.8. The van der Waals surface area contributed by atoms with Gasteiger partial charge < -0.3 is 8.83 Å². The van der Waals surface area contributed by atoms with Gasteiger partial charge in [-0.05, 0) is 57.3 Å². The number of hydrogen-bond acceptors (Lipinski definition) is 5. The molecule has 2 fully saturated rings. The molecule has 0 saturated carbocycles. The minimum atomic E-state index is 0.384. The van der Waals surface area contributed by atoms with E-state index < -0.39 is 0 Å². The van der Waals surface area contributed by atoms with Crippen molar-refractivity contribution in [1.29, 1.82) is 0 Å². The van der Waals surface area contributed by atoms with Crippen molar-refractivity contribution in [1.82, 2.24) is 10.1 Å². The van der Waals surface area contributed by atoms with E-state index in [4.69, 9.17) is 4.52 Å². The smallest absolute Gasteiger partial charge is 0.138 e. The first-order valence-corrected chi connectivity index (χ1v) is 9.08. The quantitative estimate of drug-likeness (QED) is 0.800. The van der Waals surface area contributed by atoms with E-state index >= 15 is 0 Å². The number of nitrogens with zero attached hydrogens (tertiary/aromatic N) is 3. The average Bonchev–Trinajstić information content (AvgIpc) is 3.25. The van der Waals surface area contributed by atoms with Crippen molar-refractivity contribution in [2.75, 3.05) is 23.9 Å². The summed E-state index contributed by atoms with van der Waals surface area (Å²) in [7, 11) is 0. The zero-order valence-electron chi connectivity index (χ0n) is 13.8. The molecule has 23 heavy (non-hydrogen) atoms. The van der Waals surface area contributed by atoms with Crippen LogP contribution in [0, 0.1) is 13.8 Å². The van der Waals surface area contributed by atoms with Gasteiger partial charge in [0.1, 0.15) is 5.76 Å². The van der Waals surface area contributed by atoms with Gasteiger partial charge in [0.25, 0.3) is 0 Å². The first-order valence-electron chi connectivity index (χ1n) is 8.31. The number of benzene rings is 1. The molecule has 1 aromatic carbocycles. The molecule has 4 nitrogen and oxygen atoms in total. The highest BCUT2D eigenvalue weighted by Crippen LogP contribution is 2.47. The molecule has 4 rings (SSSR count). The highest BCUT2D eigenvalue weighted by atomic mass is 32.2. The van der Waals surface area contributed by atoms with E-state index in [-0.39, 0.29) is 0 Å². The minimum Gasteiger partial charge on any atom is -0.361 e. The Hall–Kier alpha value is -1.46. The molecule has 122 valence electrons. The van der Waals surface area contributed by atoms with Crippen LogP contribution in [0.15, 0.2) is 34.9 Å². The van der Waals surface area contributed by atoms with E-state index in [2.05, 4.69) is 56.6 Å². The van der Waals surface area contributed by atoms with Crippen LogP contribution < -0.4 is 4.31 Å². The van der Waals surface area contributed by atoms with Crippen molar-refractivity contribution < 1.29 is 4.52 Å². The molecule has 1 spiro atoms. The van der Waals surface area contributed by atoms with E-state index in [0.29, 0.717) is 4.75 Å². The summed E-state index contributed by atoms with van der Waals surface area (Å²) in [6.45, 7) is 8.50. The highest BCUT2D eigenvalue weighted by Gasteiger charge is 2.44. The molecule has 0 amide bonds. The maximum Gasteiger partial charge on any atom is 0.138 e. The molecule has 0 N–H and O–H groups in total. The standard InChI is InChI=1S/C18H23N3OS/c1-14-17(15(2)22-19-14)12-20-10-8-18(13-20)9-11-21(23-18)16-6-4-3-5-7-16/h3-7H,8-13H2,1-2H3. The molecule has 2 aromatic rings. The van der Waals surface area contributed by atoms with E-state index in [9.17, 15) is 0 Å². The highest BCUT2D eigenvalue weighted by molar-refractivity contribution is 8.02. The van der Waals surface area contributed by atoms with Crippen molar-refractivity contribution in [3.05, 3.63) is 47.3 Å². The lowest BCUT2D eigenvalue weighted by Gasteiger charge is -2.24. The Bertz CT molecular complexity index is 667. The van der Waals surface area contributed by atoms with Gasteiger partial charge in [-0.25, -0.2) is 0 Å². The lowest BCUT2D eigenvalue weighted by molar-refractivity contribution is 0.318. The van der Waals surface area contributed by atoms with Crippen molar-refractivity contribution >= 4 is 17.6 Å². The largest absolute Gasteiger partial charge is 0.361 e. The van der Waals surface area contributed by atoms with Crippen LogP contribution in [-0.2, 0) is 6.54 Å². The number of rotatable bonds is 3. The predicted molar refractivity (Wildman–Crippen MR) is 94.6 cm³/mol. The molecule has 0 bridgehead atoms. The SMILES string of the molecule is Cc1noc(C)c1CN1CCC2(CCN(c3ccccc3)S2)C1. The number of aromatic nitrogens is 1. The number of anilines is 1. The first kappa shape index (κ1) is 15.1. The molecular weight excluding hydrogens is 306 g/mol. The molecule has 5 heteroatoms. The van der Waals surface area contributed by atoms with Crippen molar-refractivity contribution in [3.8, 4) is 0 Å². The molecule has 2 aliphatic rings. The van der Waals surface area contributed by atoms with Crippen molar-refractivity contribution in [2.24, 2.45) is 0 Å². The molecule has 1 aromatic heterocycles. The maximum atomic E-state index is 5.31. The fourth-order valence-corrected chi connectivity index (χ4v) is 5.18. The summed E-state index contributed by atoms with van der Waals surface area (Å²) in [5, 5.41) is 4.08. The van der Waals surface area contributed by atoms with Gasteiger partial charge in [0.15, 0.2) is 0 Å². The van der Waals surface area contributed by atoms with Crippen molar-refractivity contribution in [3.63, 3.8) is 0 Å². The summed E-state index contributed by atoms with van der Waals surface area (Å²) < 4.78 is 8.16. The predicted octanol–water partition coefficient (Wildman–Crippen LogP) is 3.79. The van der Waals surface area contributed by atoms with E-state index in [0.717, 1.165) is 31.1 Å². The second-order valence-corrected chi connectivity index (χ2v) is 8.21. The molecule has 1 unspecified atom stereocenters. The summed E-state index contributed by atoms with van der Waals surface area (Å²) in [6.07, 6.45) is 2.54. The summed E-state index contributed by atoms with van der Waals surface area (Å²) in [5.41, 5.74) is 3.64. The number of hydrogen-bond donors (Lipinski definition) is 0. The average molecular weight is 329 g/mol. The van der Waals surface area contributed by atoms with E-state index in [1.165, 1.54) is 30.6 Å². The van der Waals surface area contributed by atoms with Gasteiger partial charge in [-0.15, -0.1) is 0 Å². The number of aryl methyl sites for hydroxylation is 2. The van der Waals surface area contributed by atoms with Gasteiger partial charge in [0.2, 0.25) is 0 Å². The second kappa shape index (κ2) is 5.87. The number of para-hydroxylation sites is 1. The fraction of sp³-hybridized carbons (Fsp3) is 0.500. The van der Waals surface area contributed by atoms with Gasteiger partial charge >= 0.3 is 0 Å². The molecule has 0 aliphatic carbocycles. The number of likely N-dealkylation sites (tertiary alicyclic amines) is 1. The van der Waals surface area contributed by atoms with E-state index in [1.807, 2.05) is 13.8 Å². The van der Waals surface area contributed by atoms with Crippen LogP contribution >= 0.6 is 11.9 Å². The first-order chi connectivity index (χ1) is 11.2. The Labute approximate surface area is 142 Å². The van der Waals surface area contributed by atoms with Gasteiger partial charge in [-0.2, -0.15) is 0 Å². The zero-order valence-corrected chi connectivity index (χ0v) is 14.6. The third-order valence-electron chi connectivity index (χ3n) is 5.08. The van der Waals surface area contributed by atoms with Crippen LogP contribution in [0.25, 0.3) is 0 Å². The van der Waals surface area contributed by atoms with Gasteiger partial charge in [-0.1, -0.05) is 23.4 Å². The molecular formula is C18H23N3OS. The lowest BCUT2D eigenvalue weighted by Crippen LogP contribution is -2.28. The topological polar surface area (TPSA) is 32.5 Å². The molecule has 2 aliphatic heterocycles. The van der Waals surface area contributed by atoms with Gasteiger partial charge in [-0.3, -0.25) is 4.90 Å². The minimum absolute atomic E-state index is 0.384. The Morgan fingerprint density at radius 3 is 2.70 bits per heavy atom. The third-order valence-corrected chi connectivity index (χ3v) is 6.62. The van der Waals surface area contributed by atoms with Crippen LogP contribution in [0.1, 0.15) is 29.9 Å². The molecule has 0 radical (unpaired) electrons. The van der Waals surface area contributed by atoms with Crippen molar-refractivity contribution in [2.45, 2.75) is 38.0 Å². The van der Waals surface area contributed by atoms with Gasteiger partial charge in [0, 0.05) is 30.9 Å². The molecule has 2 saturated heterocycles. The Morgan fingerprint density at radius 2 is 1.96 bits per heavy atom. The molecule has 3 heterocycles. The monoisotopic (exact) mass is 329 g/mol. The Kier molecular flexibility index (Phi) is 3.85. The lowest BCUT2D eigenvalue weighted by atomic mass is 10.0.